The van der Waals surface area contributed by atoms with Gasteiger partial charge < -0.3 is 10.4 Å². The second kappa shape index (κ2) is 7.02. The van der Waals surface area contributed by atoms with Crippen molar-refractivity contribution in [2.24, 2.45) is 0 Å². The van der Waals surface area contributed by atoms with Crippen LogP contribution in [0.25, 0.3) is 0 Å². The number of rotatable bonds is 3. The summed E-state index contributed by atoms with van der Waals surface area (Å²) >= 11 is 0. The third-order valence-corrected chi connectivity index (χ3v) is 4.32. The Kier molecular flexibility index (Phi) is 5.31. The lowest BCUT2D eigenvalue weighted by atomic mass is 9.78. The smallest absolute Gasteiger partial charge is 0.269 e. The summed E-state index contributed by atoms with van der Waals surface area (Å²) in [5.41, 5.74) is 1.58. The Morgan fingerprint density at radius 3 is 1.78 bits per heavy atom. The predicted octanol–water partition coefficient (Wildman–Crippen LogP) is 5.15. The molecule has 144 valence electrons. The molecule has 27 heavy (non-hydrogen) atoms. The molecule has 6 nitrogen and oxygen atoms in total. The highest BCUT2D eigenvalue weighted by Crippen LogP contribution is 2.39. The maximum Gasteiger partial charge on any atom is 0.269 e. The van der Waals surface area contributed by atoms with Crippen LogP contribution >= 0.6 is 0 Å². The molecule has 0 unspecified atom stereocenters. The largest absolute Gasteiger partial charge is 0.507 e. The summed E-state index contributed by atoms with van der Waals surface area (Å²) in [6.07, 6.45) is 0. The molecule has 6 heteroatoms. The van der Waals surface area contributed by atoms with Crippen LogP contribution < -0.4 is 5.32 Å². The van der Waals surface area contributed by atoms with E-state index >= 15 is 0 Å². The van der Waals surface area contributed by atoms with Gasteiger partial charge in [0.15, 0.2) is 0 Å². The fraction of sp³-hybridized carbons (Fsp3) is 0.381. The van der Waals surface area contributed by atoms with E-state index in [0.717, 1.165) is 0 Å². The second-order valence-corrected chi connectivity index (χ2v) is 8.68. The van der Waals surface area contributed by atoms with Crippen molar-refractivity contribution in [2.75, 3.05) is 5.32 Å². The number of amides is 1. The molecule has 0 aliphatic heterocycles. The van der Waals surface area contributed by atoms with E-state index in [1.54, 1.807) is 12.1 Å². The standard InChI is InChI=1S/C21H26N2O4/c1-20(2,3)16-11-13(12-17(18(16)24)21(4,5)6)19(25)22-14-7-9-15(10-8-14)23(26)27/h7-12,24H,1-6H3,(H,22,25). The summed E-state index contributed by atoms with van der Waals surface area (Å²) in [4.78, 5) is 23.0. The summed E-state index contributed by atoms with van der Waals surface area (Å²) in [5, 5.41) is 24.2. The van der Waals surface area contributed by atoms with Crippen LogP contribution in [-0.2, 0) is 10.8 Å². The molecule has 2 aromatic carbocycles. The first-order chi connectivity index (χ1) is 12.3. The molecule has 0 aliphatic carbocycles. The summed E-state index contributed by atoms with van der Waals surface area (Å²) in [6.45, 7) is 11.9. The van der Waals surface area contributed by atoms with Crippen molar-refractivity contribution < 1.29 is 14.8 Å². The average Bonchev–Trinajstić information content (AvgIpc) is 2.53. The van der Waals surface area contributed by atoms with Crippen LogP contribution in [0, 0.1) is 10.1 Å². The van der Waals surface area contributed by atoms with Gasteiger partial charge in [-0.1, -0.05) is 41.5 Å². The monoisotopic (exact) mass is 370 g/mol. The number of phenols is 1. The van der Waals surface area contributed by atoms with Crippen LogP contribution in [0.3, 0.4) is 0 Å². The van der Waals surface area contributed by atoms with Gasteiger partial charge in [0.25, 0.3) is 11.6 Å². The highest BCUT2D eigenvalue weighted by atomic mass is 16.6. The number of nitrogens with zero attached hydrogens (tertiary/aromatic N) is 1. The SMILES string of the molecule is CC(C)(C)c1cc(C(=O)Nc2ccc([N+](=O)[O-])cc2)cc(C(C)(C)C)c1O. The van der Waals surface area contributed by atoms with E-state index in [0.29, 0.717) is 22.4 Å². The summed E-state index contributed by atoms with van der Waals surface area (Å²) < 4.78 is 0. The zero-order chi connectivity index (χ0) is 20.6. The van der Waals surface area contributed by atoms with E-state index in [2.05, 4.69) is 5.32 Å². The van der Waals surface area contributed by atoms with Gasteiger partial charge in [-0.15, -0.1) is 0 Å². The maximum atomic E-state index is 12.8. The minimum absolute atomic E-state index is 0.0392. The molecule has 0 radical (unpaired) electrons. The number of nitrogens with one attached hydrogen (secondary N) is 1. The zero-order valence-electron chi connectivity index (χ0n) is 16.6. The van der Waals surface area contributed by atoms with Gasteiger partial charge in [0.1, 0.15) is 5.75 Å². The first-order valence-electron chi connectivity index (χ1n) is 8.74. The topological polar surface area (TPSA) is 92.5 Å². The minimum atomic E-state index is -0.489. The van der Waals surface area contributed by atoms with Crippen molar-refractivity contribution in [3.8, 4) is 5.75 Å². The molecule has 2 rings (SSSR count). The number of phenolic OH excluding ortho intramolecular Hbond substituents is 1. The second-order valence-electron chi connectivity index (χ2n) is 8.68. The Hall–Kier alpha value is -2.89. The third kappa shape index (κ3) is 4.64. The van der Waals surface area contributed by atoms with Gasteiger partial charge in [-0.3, -0.25) is 14.9 Å². The Bertz CT molecular complexity index is 838. The van der Waals surface area contributed by atoms with E-state index in [1.807, 2.05) is 41.5 Å². The fourth-order valence-electron chi connectivity index (χ4n) is 2.78. The first kappa shape index (κ1) is 20.4. The van der Waals surface area contributed by atoms with Crippen LogP contribution in [0.15, 0.2) is 36.4 Å². The van der Waals surface area contributed by atoms with Crippen molar-refractivity contribution in [3.05, 3.63) is 63.2 Å². The van der Waals surface area contributed by atoms with Gasteiger partial charge in [0, 0.05) is 34.5 Å². The molecule has 1 amide bonds. The Morgan fingerprint density at radius 1 is 0.963 bits per heavy atom. The Morgan fingerprint density at radius 2 is 1.41 bits per heavy atom. The molecule has 2 aromatic rings. The van der Waals surface area contributed by atoms with Crippen molar-refractivity contribution >= 4 is 17.3 Å². The van der Waals surface area contributed by atoms with Crippen LogP contribution in [0.2, 0.25) is 0 Å². The quantitative estimate of drug-likeness (QED) is 0.577. The van der Waals surface area contributed by atoms with Gasteiger partial charge in [0.2, 0.25) is 0 Å². The van der Waals surface area contributed by atoms with E-state index in [1.165, 1.54) is 24.3 Å². The number of aromatic hydroxyl groups is 1. The summed E-state index contributed by atoms with van der Waals surface area (Å²) in [5.74, 6) is -0.123. The normalized spacial score (nSPS) is 11.9. The van der Waals surface area contributed by atoms with Gasteiger partial charge in [-0.25, -0.2) is 0 Å². The molecular formula is C21H26N2O4. The van der Waals surface area contributed by atoms with E-state index in [9.17, 15) is 20.0 Å². The number of carbonyl (C=O) groups is 1. The van der Waals surface area contributed by atoms with Crippen LogP contribution in [0.4, 0.5) is 11.4 Å². The van der Waals surface area contributed by atoms with E-state index in [-0.39, 0.29) is 28.2 Å². The summed E-state index contributed by atoms with van der Waals surface area (Å²) in [6, 6.07) is 9.06. The molecule has 0 bridgehead atoms. The number of benzene rings is 2. The lowest BCUT2D eigenvalue weighted by Crippen LogP contribution is -2.20. The number of hydrogen-bond acceptors (Lipinski definition) is 4. The van der Waals surface area contributed by atoms with E-state index in [4.69, 9.17) is 0 Å². The van der Waals surface area contributed by atoms with Crippen molar-refractivity contribution in [3.63, 3.8) is 0 Å². The third-order valence-electron chi connectivity index (χ3n) is 4.32. The van der Waals surface area contributed by atoms with Gasteiger partial charge >= 0.3 is 0 Å². The molecule has 0 saturated carbocycles. The highest BCUT2D eigenvalue weighted by Gasteiger charge is 2.27. The Balaban J connectivity index is 2.44. The van der Waals surface area contributed by atoms with Crippen LogP contribution in [-0.4, -0.2) is 15.9 Å². The van der Waals surface area contributed by atoms with Crippen molar-refractivity contribution in [1.82, 2.24) is 0 Å². The van der Waals surface area contributed by atoms with Gasteiger partial charge in [-0.2, -0.15) is 0 Å². The zero-order valence-corrected chi connectivity index (χ0v) is 16.6. The van der Waals surface area contributed by atoms with Crippen molar-refractivity contribution in [1.29, 1.82) is 0 Å². The molecule has 0 heterocycles. The fourth-order valence-corrected chi connectivity index (χ4v) is 2.78. The molecule has 0 spiro atoms. The summed E-state index contributed by atoms with van der Waals surface area (Å²) in [7, 11) is 0. The Labute approximate surface area is 159 Å². The molecule has 0 saturated heterocycles. The average molecular weight is 370 g/mol. The molecule has 0 atom stereocenters. The number of anilines is 1. The van der Waals surface area contributed by atoms with Gasteiger partial charge in [0.05, 0.1) is 4.92 Å². The van der Waals surface area contributed by atoms with E-state index < -0.39 is 4.92 Å². The molecular weight excluding hydrogens is 344 g/mol. The van der Waals surface area contributed by atoms with Crippen LogP contribution in [0.1, 0.15) is 63.0 Å². The highest BCUT2D eigenvalue weighted by molar-refractivity contribution is 6.04. The molecule has 0 aromatic heterocycles. The molecule has 2 N–H and O–H groups in total. The van der Waals surface area contributed by atoms with Crippen molar-refractivity contribution in [2.45, 2.75) is 52.4 Å². The predicted molar refractivity (Wildman–Crippen MR) is 107 cm³/mol. The number of carbonyl (C=O) groups excluding carboxylic acids is 1. The van der Waals surface area contributed by atoms with Crippen LogP contribution in [0.5, 0.6) is 5.75 Å². The number of nitro groups is 1. The molecule has 0 aliphatic rings. The lowest BCUT2D eigenvalue weighted by molar-refractivity contribution is -0.384. The first-order valence-corrected chi connectivity index (χ1v) is 8.74. The lowest BCUT2D eigenvalue weighted by Gasteiger charge is -2.28. The number of non-ortho nitro benzene ring substituents is 1. The van der Waals surface area contributed by atoms with Gasteiger partial charge in [-0.05, 0) is 35.1 Å². The number of hydrogen-bond donors (Lipinski definition) is 2. The molecule has 0 fully saturated rings. The number of nitro benzene ring substituents is 1. The maximum absolute atomic E-state index is 12.8. The minimum Gasteiger partial charge on any atom is -0.507 e.